The van der Waals surface area contributed by atoms with E-state index in [2.05, 4.69) is 0 Å². The first-order valence-electron chi connectivity index (χ1n) is 5.77. The van der Waals surface area contributed by atoms with Gasteiger partial charge in [0, 0.05) is 6.04 Å². The molecule has 0 aromatic heterocycles. The van der Waals surface area contributed by atoms with Gasteiger partial charge in [0.15, 0.2) is 0 Å². The van der Waals surface area contributed by atoms with Crippen molar-refractivity contribution in [2.24, 2.45) is 5.73 Å². The number of carbonyl (C=O) groups is 2. The third kappa shape index (κ3) is 3.45. The Balaban J connectivity index is 3.28. The molecule has 1 aromatic rings. The van der Waals surface area contributed by atoms with Gasteiger partial charge in [-0.3, -0.25) is 19.7 Å². The average Bonchev–Trinajstić information content (AvgIpc) is 2.33. The third-order valence-electron chi connectivity index (χ3n) is 2.61. The fourth-order valence-electron chi connectivity index (χ4n) is 1.68. The highest BCUT2D eigenvalue weighted by molar-refractivity contribution is 6.33. The molecule has 0 unspecified atom stereocenters. The summed E-state index contributed by atoms with van der Waals surface area (Å²) < 4.78 is 0. The summed E-state index contributed by atoms with van der Waals surface area (Å²) in [6.45, 7) is 3.04. The molecule has 20 heavy (non-hydrogen) atoms. The molecule has 0 aliphatic carbocycles. The van der Waals surface area contributed by atoms with Crippen molar-refractivity contribution in [1.29, 1.82) is 0 Å². The molecule has 2 N–H and O–H groups in total. The number of primary amides is 1. The van der Waals surface area contributed by atoms with Gasteiger partial charge in [-0.25, -0.2) is 0 Å². The molecule has 0 fully saturated rings. The van der Waals surface area contributed by atoms with Crippen LogP contribution in [0.25, 0.3) is 0 Å². The van der Waals surface area contributed by atoms with E-state index in [1.165, 1.54) is 18.2 Å². The van der Waals surface area contributed by atoms with Gasteiger partial charge < -0.3 is 10.6 Å². The highest BCUT2D eigenvalue weighted by atomic mass is 35.5. The van der Waals surface area contributed by atoms with Crippen molar-refractivity contribution in [2.75, 3.05) is 6.54 Å². The Bertz CT molecular complexity index is 560. The van der Waals surface area contributed by atoms with Crippen LogP contribution in [0.5, 0.6) is 0 Å². The van der Waals surface area contributed by atoms with Crippen LogP contribution in [0.4, 0.5) is 5.69 Å². The van der Waals surface area contributed by atoms with Crippen LogP contribution in [0.3, 0.4) is 0 Å². The molecule has 108 valence electrons. The Hall–Kier alpha value is -2.15. The van der Waals surface area contributed by atoms with Gasteiger partial charge in [-0.15, -0.1) is 0 Å². The van der Waals surface area contributed by atoms with Gasteiger partial charge in [-0.05, 0) is 26.0 Å². The van der Waals surface area contributed by atoms with E-state index in [4.69, 9.17) is 17.3 Å². The van der Waals surface area contributed by atoms with E-state index in [0.717, 1.165) is 4.90 Å². The highest BCUT2D eigenvalue weighted by Gasteiger charge is 2.29. The zero-order valence-corrected chi connectivity index (χ0v) is 11.8. The SMILES string of the molecule is CC(C)N(CC(N)=O)C(=O)c1cccc(Cl)c1[N+](=O)[O-]. The minimum atomic E-state index is -0.724. The largest absolute Gasteiger partial charge is 0.368 e. The molecule has 7 nitrogen and oxygen atoms in total. The summed E-state index contributed by atoms with van der Waals surface area (Å²) in [7, 11) is 0. The standard InChI is InChI=1S/C12H14ClN3O4/c1-7(2)15(6-10(14)17)12(18)8-4-3-5-9(13)11(8)16(19)20/h3-5,7H,6H2,1-2H3,(H2,14,17). The summed E-state index contributed by atoms with van der Waals surface area (Å²) in [4.78, 5) is 34.8. The van der Waals surface area contributed by atoms with Crippen molar-refractivity contribution in [2.45, 2.75) is 19.9 Å². The molecule has 8 heteroatoms. The fourth-order valence-corrected chi connectivity index (χ4v) is 1.93. The summed E-state index contributed by atoms with van der Waals surface area (Å²) >= 11 is 5.75. The number of hydrogen-bond acceptors (Lipinski definition) is 4. The first kappa shape index (κ1) is 15.9. The number of benzene rings is 1. The number of hydrogen-bond donors (Lipinski definition) is 1. The van der Waals surface area contributed by atoms with Crippen LogP contribution < -0.4 is 5.73 Å². The molecule has 0 spiro atoms. The molecule has 0 heterocycles. The Kier molecular flexibility index (Phi) is 5.04. The smallest absolute Gasteiger partial charge is 0.300 e. The number of amides is 2. The number of rotatable bonds is 5. The van der Waals surface area contributed by atoms with Crippen molar-refractivity contribution < 1.29 is 14.5 Å². The van der Waals surface area contributed by atoms with E-state index in [1.54, 1.807) is 13.8 Å². The minimum Gasteiger partial charge on any atom is -0.368 e. The molecule has 1 rings (SSSR count). The molecule has 0 radical (unpaired) electrons. The first-order valence-corrected chi connectivity index (χ1v) is 6.15. The Morgan fingerprint density at radius 2 is 2.05 bits per heavy atom. The fraction of sp³-hybridized carbons (Fsp3) is 0.333. The summed E-state index contributed by atoms with van der Waals surface area (Å²) in [5.41, 5.74) is 4.44. The van der Waals surface area contributed by atoms with Crippen LogP contribution in [0.15, 0.2) is 18.2 Å². The van der Waals surface area contributed by atoms with E-state index in [9.17, 15) is 19.7 Å². The van der Waals surface area contributed by atoms with Gasteiger partial charge in [0.2, 0.25) is 5.91 Å². The number of halogens is 1. The van der Waals surface area contributed by atoms with Gasteiger partial charge >= 0.3 is 5.69 Å². The predicted octanol–water partition coefficient (Wildman–Crippen LogP) is 1.58. The first-order chi connectivity index (χ1) is 9.25. The molecule has 1 aromatic carbocycles. The summed E-state index contributed by atoms with van der Waals surface area (Å²) in [6.07, 6.45) is 0. The maximum atomic E-state index is 12.4. The molecular formula is C12H14ClN3O4. The maximum Gasteiger partial charge on any atom is 0.300 e. The second-order valence-corrected chi connectivity index (χ2v) is 4.79. The molecule has 0 saturated heterocycles. The van der Waals surface area contributed by atoms with Crippen LogP contribution >= 0.6 is 11.6 Å². The summed E-state index contributed by atoms with van der Waals surface area (Å²) in [5, 5.41) is 10.9. The normalized spacial score (nSPS) is 10.4. The van der Waals surface area contributed by atoms with Gasteiger partial charge in [-0.2, -0.15) is 0 Å². The number of para-hydroxylation sites is 1. The molecule has 0 saturated carbocycles. The molecular weight excluding hydrogens is 286 g/mol. The van der Waals surface area contributed by atoms with Gasteiger partial charge in [0.1, 0.15) is 10.6 Å². The van der Waals surface area contributed by atoms with Crippen molar-refractivity contribution in [3.8, 4) is 0 Å². The van der Waals surface area contributed by atoms with Crippen LogP contribution in [0, 0.1) is 10.1 Å². The maximum absolute atomic E-state index is 12.4. The predicted molar refractivity (Wildman–Crippen MR) is 73.5 cm³/mol. The Morgan fingerprint density at radius 1 is 1.45 bits per heavy atom. The zero-order chi connectivity index (χ0) is 15.4. The van der Waals surface area contributed by atoms with Crippen molar-refractivity contribution in [3.05, 3.63) is 38.9 Å². The lowest BCUT2D eigenvalue weighted by molar-refractivity contribution is -0.385. The van der Waals surface area contributed by atoms with Crippen molar-refractivity contribution in [1.82, 2.24) is 4.90 Å². The van der Waals surface area contributed by atoms with E-state index in [0.29, 0.717) is 0 Å². The van der Waals surface area contributed by atoms with E-state index in [1.807, 2.05) is 0 Å². The Morgan fingerprint density at radius 3 is 2.50 bits per heavy atom. The van der Waals surface area contributed by atoms with Crippen LogP contribution in [0.1, 0.15) is 24.2 Å². The highest BCUT2D eigenvalue weighted by Crippen LogP contribution is 2.29. The second-order valence-electron chi connectivity index (χ2n) is 4.39. The molecule has 0 bridgehead atoms. The minimum absolute atomic E-state index is 0.136. The molecule has 2 amide bonds. The number of nitrogens with zero attached hydrogens (tertiary/aromatic N) is 2. The van der Waals surface area contributed by atoms with E-state index in [-0.39, 0.29) is 23.2 Å². The topological polar surface area (TPSA) is 107 Å². The van der Waals surface area contributed by atoms with E-state index >= 15 is 0 Å². The quantitative estimate of drug-likeness (QED) is 0.658. The monoisotopic (exact) mass is 299 g/mol. The lowest BCUT2D eigenvalue weighted by atomic mass is 10.1. The number of nitro groups is 1. The molecule has 0 aliphatic heterocycles. The lowest BCUT2D eigenvalue weighted by Gasteiger charge is -2.25. The third-order valence-corrected chi connectivity index (χ3v) is 2.92. The van der Waals surface area contributed by atoms with Crippen molar-refractivity contribution >= 4 is 29.1 Å². The zero-order valence-electron chi connectivity index (χ0n) is 11.0. The molecule has 0 aliphatic rings. The van der Waals surface area contributed by atoms with E-state index < -0.39 is 22.4 Å². The number of carbonyl (C=O) groups excluding carboxylic acids is 2. The molecule has 0 atom stereocenters. The summed E-state index contributed by atoms with van der Waals surface area (Å²) in [5.74, 6) is -1.36. The van der Waals surface area contributed by atoms with Crippen LogP contribution in [0.2, 0.25) is 5.02 Å². The van der Waals surface area contributed by atoms with Gasteiger partial charge in [-0.1, -0.05) is 17.7 Å². The lowest BCUT2D eigenvalue weighted by Crippen LogP contribution is -2.42. The Labute approximate surface area is 120 Å². The van der Waals surface area contributed by atoms with Crippen molar-refractivity contribution in [3.63, 3.8) is 0 Å². The number of nitrogens with two attached hydrogens (primary N) is 1. The van der Waals surface area contributed by atoms with Crippen LogP contribution in [-0.2, 0) is 4.79 Å². The summed E-state index contributed by atoms with van der Waals surface area (Å²) in [6, 6.07) is 3.71. The second kappa shape index (κ2) is 6.33. The van der Waals surface area contributed by atoms with Gasteiger partial charge in [0.25, 0.3) is 5.91 Å². The van der Waals surface area contributed by atoms with Crippen LogP contribution in [-0.4, -0.2) is 34.2 Å². The van der Waals surface area contributed by atoms with Gasteiger partial charge in [0.05, 0.1) is 11.5 Å². The average molecular weight is 300 g/mol. The number of nitro benzene ring substituents is 1.